The number of rotatable bonds is 6. The summed E-state index contributed by atoms with van der Waals surface area (Å²) in [5, 5.41) is 4.72. The van der Waals surface area contributed by atoms with Crippen molar-refractivity contribution in [3.8, 4) is 0 Å². The Labute approximate surface area is 146 Å². The summed E-state index contributed by atoms with van der Waals surface area (Å²) < 4.78 is 5.16. The van der Waals surface area contributed by atoms with Crippen LogP contribution in [0.25, 0.3) is 10.8 Å². The molecule has 0 bridgehead atoms. The Morgan fingerprint density at radius 1 is 0.960 bits per heavy atom. The summed E-state index contributed by atoms with van der Waals surface area (Å²) in [5.41, 5.74) is 1.87. The van der Waals surface area contributed by atoms with Gasteiger partial charge in [0.2, 0.25) is 6.29 Å². The maximum absolute atomic E-state index is 11.9. The Hall–Kier alpha value is -3.14. The third kappa shape index (κ3) is 4.44. The lowest BCUT2D eigenvalue weighted by atomic mass is 9.99. The number of carbonyl (C=O) groups excluding carboxylic acids is 2. The van der Waals surface area contributed by atoms with Gasteiger partial charge in [-0.3, -0.25) is 4.79 Å². The van der Waals surface area contributed by atoms with Gasteiger partial charge in [0, 0.05) is 6.42 Å². The number of carbonyl (C=O) groups is 1. The van der Waals surface area contributed by atoms with Crippen molar-refractivity contribution in [3.63, 3.8) is 0 Å². The summed E-state index contributed by atoms with van der Waals surface area (Å²) in [5.74, 6) is 0. The van der Waals surface area contributed by atoms with Crippen LogP contribution in [-0.4, -0.2) is 18.4 Å². The molecule has 0 aliphatic heterocycles. The van der Waals surface area contributed by atoms with Gasteiger partial charge in [-0.25, -0.2) is 4.79 Å². The highest BCUT2D eigenvalue weighted by atomic mass is 16.5. The Bertz CT molecular complexity index is 856. The predicted octanol–water partition coefficient (Wildman–Crippen LogP) is 3.79. The molecule has 0 saturated carbocycles. The molecule has 0 aromatic heterocycles. The summed E-state index contributed by atoms with van der Waals surface area (Å²) in [6.07, 6.45) is 1.62. The number of hydrogen-bond donors (Lipinski definition) is 1. The van der Waals surface area contributed by atoms with Crippen molar-refractivity contribution >= 4 is 23.2 Å². The maximum atomic E-state index is 11.9. The third-order valence-corrected chi connectivity index (χ3v) is 3.95. The molecule has 1 radical (unpaired) electrons. The van der Waals surface area contributed by atoms with Gasteiger partial charge in [-0.05, 0) is 21.9 Å². The van der Waals surface area contributed by atoms with Gasteiger partial charge in [-0.15, -0.1) is 0 Å². The van der Waals surface area contributed by atoms with Gasteiger partial charge in [0.05, 0.1) is 0 Å². The molecule has 3 aromatic carbocycles. The number of hydrogen-bond acceptors (Lipinski definition) is 3. The SMILES string of the molecule is O=[C][C@H](Cc1cccc2ccccc12)NC(=O)OCc1ccccc1. The summed E-state index contributed by atoms with van der Waals surface area (Å²) in [4.78, 5) is 23.2. The minimum atomic E-state index is -0.755. The second kappa shape index (κ2) is 8.11. The topological polar surface area (TPSA) is 55.4 Å². The van der Waals surface area contributed by atoms with E-state index >= 15 is 0 Å². The summed E-state index contributed by atoms with van der Waals surface area (Å²) >= 11 is 0. The van der Waals surface area contributed by atoms with E-state index < -0.39 is 12.1 Å². The standard InChI is InChI=1S/C21H18NO3/c23-14-19(22-21(24)25-15-16-7-2-1-3-8-16)13-18-11-6-10-17-9-4-5-12-20(17)18/h1-12,19H,13,15H2,(H,22,24)/t19-/m0/s1. The molecule has 0 saturated heterocycles. The van der Waals surface area contributed by atoms with Crippen LogP contribution in [0.4, 0.5) is 4.79 Å². The van der Waals surface area contributed by atoms with Gasteiger partial charge in [-0.2, -0.15) is 0 Å². The first-order chi connectivity index (χ1) is 12.3. The van der Waals surface area contributed by atoms with Gasteiger partial charge in [0.25, 0.3) is 0 Å². The second-order valence-electron chi connectivity index (χ2n) is 5.72. The summed E-state index contributed by atoms with van der Waals surface area (Å²) in [6.45, 7) is 0.159. The zero-order chi connectivity index (χ0) is 17.5. The molecule has 25 heavy (non-hydrogen) atoms. The van der Waals surface area contributed by atoms with Crippen molar-refractivity contribution in [3.05, 3.63) is 83.9 Å². The summed E-state index contributed by atoms with van der Waals surface area (Å²) in [7, 11) is 0. The van der Waals surface area contributed by atoms with E-state index in [4.69, 9.17) is 4.74 Å². The molecule has 3 rings (SSSR count). The van der Waals surface area contributed by atoms with Crippen molar-refractivity contribution in [1.29, 1.82) is 0 Å². The molecule has 4 heteroatoms. The first kappa shape index (κ1) is 16.7. The van der Waals surface area contributed by atoms with Crippen LogP contribution in [0.3, 0.4) is 0 Å². The van der Waals surface area contributed by atoms with Crippen molar-refractivity contribution in [2.75, 3.05) is 0 Å². The smallest absolute Gasteiger partial charge is 0.408 e. The van der Waals surface area contributed by atoms with Crippen molar-refractivity contribution in [1.82, 2.24) is 5.32 Å². The van der Waals surface area contributed by atoms with Crippen LogP contribution < -0.4 is 5.32 Å². The molecule has 1 atom stereocenters. The van der Waals surface area contributed by atoms with Crippen LogP contribution >= 0.6 is 0 Å². The molecule has 0 aliphatic rings. The molecular weight excluding hydrogens is 314 g/mol. The molecule has 0 heterocycles. The van der Waals surface area contributed by atoms with E-state index in [0.717, 1.165) is 21.9 Å². The van der Waals surface area contributed by atoms with Gasteiger partial charge >= 0.3 is 6.09 Å². The molecule has 4 nitrogen and oxygen atoms in total. The van der Waals surface area contributed by atoms with E-state index in [2.05, 4.69) is 5.32 Å². The van der Waals surface area contributed by atoms with Gasteiger partial charge in [0.15, 0.2) is 0 Å². The number of alkyl carbamates (subject to hydrolysis) is 1. The number of amides is 1. The molecule has 0 aliphatic carbocycles. The monoisotopic (exact) mass is 332 g/mol. The van der Waals surface area contributed by atoms with Crippen LogP contribution in [0.2, 0.25) is 0 Å². The Morgan fingerprint density at radius 2 is 1.68 bits per heavy atom. The van der Waals surface area contributed by atoms with E-state index in [1.807, 2.05) is 79.1 Å². The second-order valence-corrected chi connectivity index (χ2v) is 5.72. The summed E-state index contributed by atoms with van der Waals surface area (Å²) in [6, 6.07) is 22.5. The van der Waals surface area contributed by atoms with Crippen LogP contribution in [0.5, 0.6) is 0 Å². The lowest BCUT2D eigenvalue weighted by Crippen LogP contribution is -2.37. The highest BCUT2D eigenvalue weighted by Gasteiger charge is 2.15. The fourth-order valence-electron chi connectivity index (χ4n) is 2.72. The Morgan fingerprint density at radius 3 is 2.48 bits per heavy atom. The third-order valence-electron chi connectivity index (χ3n) is 3.95. The van der Waals surface area contributed by atoms with Gasteiger partial charge in [-0.1, -0.05) is 72.8 Å². The van der Waals surface area contributed by atoms with Gasteiger partial charge in [0.1, 0.15) is 12.6 Å². The van der Waals surface area contributed by atoms with E-state index in [1.54, 1.807) is 0 Å². The number of ether oxygens (including phenoxy) is 1. The normalized spacial score (nSPS) is 11.7. The first-order valence-corrected chi connectivity index (χ1v) is 8.08. The lowest BCUT2D eigenvalue weighted by Gasteiger charge is -2.14. The largest absolute Gasteiger partial charge is 0.445 e. The molecular formula is C21H18NO3. The zero-order valence-corrected chi connectivity index (χ0v) is 13.6. The fourth-order valence-corrected chi connectivity index (χ4v) is 2.72. The molecule has 3 aromatic rings. The van der Waals surface area contributed by atoms with Crippen molar-refractivity contribution in [2.45, 2.75) is 19.1 Å². The minimum Gasteiger partial charge on any atom is -0.445 e. The molecule has 1 N–H and O–H groups in total. The average Bonchev–Trinajstić information content (AvgIpc) is 2.67. The van der Waals surface area contributed by atoms with Crippen LogP contribution in [0, 0.1) is 0 Å². The highest BCUT2D eigenvalue weighted by molar-refractivity contribution is 5.86. The lowest BCUT2D eigenvalue weighted by molar-refractivity contribution is 0.138. The Kier molecular flexibility index (Phi) is 5.42. The van der Waals surface area contributed by atoms with Crippen LogP contribution in [0.1, 0.15) is 11.1 Å². The molecule has 0 spiro atoms. The maximum Gasteiger partial charge on any atom is 0.408 e. The molecule has 125 valence electrons. The fraction of sp³-hybridized carbons (Fsp3) is 0.143. The number of benzene rings is 3. The highest BCUT2D eigenvalue weighted by Crippen LogP contribution is 2.19. The number of fused-ring (bicyclic) bond motifs is 1. The Balaban J connectivity index is 1.62. The van der Waals surface area contributed by atoms with E-state index in [0.29, 0.717) is 6.42 Å². The quantitative estimate of drug-likeness (QED) is 0.747. The van der Waals surface area contributed by atoms with E-state index in [1.165, 1.54) is 0 Å². The number of nitrogens with one attached hydrogen (secondary N) is 1. The molecule has 1 amide bonds. The minimum absolute atomic E-state index is 0.159. The van der Waals surface area contributed by atoms with Crippen molar-refractivity contribution < 1.29 is 14.3 Å². The average molecular weight is 332 g/mol. The molecule has 0 unspecified atom stereocenters. The first-order valence-electron chi connectivity index (χ1n) is 8.08. The molecule has 0 fully saturated rings. The van der Waals surface area contributed by atoms with Crippen LogP contribution in [0.15, 0.2) is 72.8 Å². The van der Waals surface area contributed by atoms with E-state index in [-0.39, 0.29) is 6.61 Å². The van der Waals surface area contributed by atoms with E-state index in [9.17, 15) is 9.59 Å². The van der Waals surface area contributed by atoms with Crippen LogP contribution in [-0.2, 0) is 22.6 Å². The van der Waals surface area contributed by atoms with Crippen molar-refractivity contribution in [2.24, 2.45) is 0 Å². The predicted molar refractivity (Wildman–Crippen MR) is 96.9 cm³/mol. The van der Waals surface area contributed by atoms with Gasteiger partial charge < -0.3 is 10.1 Å². The zero-order valence-electron chi connectivity index (χ0n) is 13.6.